The van der Waals surface area contributed by atoms with Gasteiger partial charge >= 0.3 is 0 Å². The highest BCUT2D eigenvalue weighted by atomic mass is 35.5. The Labute approximate surface area is 91.0 Å². The highest BCUT2D eigenvalue weighted by molar-refractivity contribution is 6.34. The number of pyridine rings is 1. The van der Waals surface area contributed by atoms with Crippen LogP contribution < -0.4 is 0 Å². The van der Waals surface area contributed by atoms with E-state index in [2.05, 4.69) is 15.0 Å². The van der Waals surface area contributed by atoms with Crippen molar-refractivity contribution < 1.29 is 4.79 Å². The first kappa shape index (κ1) is 9.73. The van der Waals surface area contributed by atoms with Gasteiger partial charge in [0.15, 0.2) is 0 Å². The van der Waals surface area contributed by atoms with Crippen LogP contribution in [0.3, 0.4) is 0 Å². The molecule has 0 aliphatic rings. The summed E-state index contributed by atoms with van der Waals surface area (Å²) in [6, 6.07) is 3.28. The Balaban J connectivity index is 2.42. The molecule has 0 spiro atoms. The van der Waals surface area contributed by atoms with Crippen LogP contribution in [-0.2, 0) is 0 Å². The number of halogens is 1. The molecule has 0 aromatic carbocycles. The molecule has 0 saturated heterocycles. The largest absolute Gasteiger partial charge is 0.287 e. The van der Waals surface area contributed by atoms with Gasteiger partial charge < -0.3 is 0 Å². The molecule has 2 aromatic heterocycles. The fraction of sp³-hybridized carbons (Fsp3) is 0. The van der Waals surface area contributed by atoms with Gasteiger partial charge in [0.2, 0.25) is 5.78 Å². The number of ketones is 1. The van der Waals surface area contributed by atoms with Crippen molar-refractivity contribution in [3.63, 3.8) is 0 Å². The minimum Gasteiger partial charge on any atom is -0.287 e. The topological polar surface area (TPSA) is 55.7 Å². The first-order chi connectivity index (χ1) is 7.29. The fourth-order valence-corrected chi connectivity index (χ4v) is 1.31. The van der Waals surface area contributed by atoms with Gasteiger partial charge in [-0.25, -0.2) is 9.97 Å². The van der Waals surface area contributed by atoms with Gasteiger partial charge in [0.05, 0.1) is 10.6 Å². The van der Waals surface area contributed by atoms with Crippen molar-refractivity contribution in [3.05, 3.63) is 53.3 Å². The number of hydrogen-bond acceptors (Lipinski definition) is 4. The summed E-state index contributed by atoms with van der Waals surface area (Å²) < 4.78 is 0. The summed E-state index contributed by atoms with van der Waals surface area (Å²) in [5.74, 6) is -0.277. The van der Waals surface area contributed by atoms with E-state index < -0.39 is 0 Å². The third kappa shape index (κ3) is 1.99. The van der Waals surface area contributed by atoms with Crippen LogP contribution in [0.4, 0.5) is 0 Å². The predicted octanol–water partition coefficient (Wildman–Crippen LogP) is 1.76. The van der Waals surface area contributed by atoms with E-state index >= 15 is 0 Å². The normalized spacial score (nSPS) is 9.93. The molecule has 0 unspecified atom stereocenters. The number of nitrogens with zero attached hydrogens (tertiary/aromatic N) is 3. The molecular weight excluding hydrogens is 214 g/mol. The van der Waals surface area contributed by atoms with Crippen LogP contribution in [0, 0.1) is 0 Å². The lowest BCUT2D eigenvalue weighted by Gasteiger charge is -2.00. The second-order valence-corrected chi connectivity index (χ2v) is 3.20. The first-order valence-electron chi connectivity index (χ1n) is 4.19. The van der Waals surface area contributed by atoms with Gasteiger partial charge in [-0.2, -0.15) is 0 Å². The summed E-state index contributed by atoms with van der Waals surface area (Å²) in [5.41, 5.74) is 0.590. The molecule has 74 valence electrons. The van der Waals surface area contributed by atoms with Crippen molar-refractivity contribution in [1.29, 1.82) is 0 Å². The molecule has 0 amide bonds. The van der Waals surface area contributed by atoms with E-state index in [0.717, 1.165) is 0 Å². The maximum atomic E-state index is 11.8. The third-order valence-corrected chi connectivity index (χ3v) is 2.10. The zero-order valence-electron chi connectivity index (χ0n) is 7.59. The molecular formula is C10H6ClN3O. The summed E-state index contributed by atoms with van der Waals surface area (Å²) in [6.45, 7) is 0. The van der Waals surface area contributed by atoms with Gasteiger partial charge in [-0.05, 0) is 12.1 Å². The van der Waals surface area contributed by atoms with Crippen molar-refractivity contribution in [1.82, 2.24) is 15.0 Å². The summed E-state index contributed by atoms with van der Waals surface area (Å²) in [7, 11) is 0. The number of carbonyl (C=O) groups excluding carboxylic acids is 1. The van der Waals surface area contributed by atoms with Crippen LogP contribution in [0.1, 0.15) is 16.1 Å². The SMILES string of the molecule is O=C(c1cncnc1)c1ncccc1Cl. The molecule has 0 aliphatic carbocycles. The maximum Gasteiger partial charge on any atom is 0.215 e. The lowest BCUT2D eigenvalue weighted by Crippen LogP contribution is -2.05. The lowest BCUT2D eigenvalue weighted by atomic mass is 10.1. The second-order valence-electron chi connectivity index (χ2n) is 2.79. The molecule has 2 heterocycles. The van der Waals surface area contributed by atoms with Crippen molar-refractivity contribution >= 4 is 17.4 Å². The van der Waals surface area contributed by atoms with E-state index in [4.69, 9.17) is 11.6 Å². The van der Waals surface area contributed by atoms with Crippen LogP contribution >= 0.6 is 11.6 Å². The summed E-state index contributed by atoms with van der Waals surface area (Å²) in [4.78, 5) is 23.3. The van der Waals surface area contributed by atoms with Crippen molar-refractivity contribution in [2.45, 2.75) is 0 Å². The van der Waals surface area contributed by atoms with Crippen LogP contribution in [-0.4, -0.2) is 20.7 Å². The van der Waals surface area contributed by atoms with Gasteiger partial charge in [-0.3, -0.25) is 9.78 Å². The van der Waals surface area contributed by atoms with Crippen molar-refractivity contribution in [2.24, 2.45) is 0 Å². The monoisotopic (exact) mass is 219 g/mol. The molecule has 2 aromatic rings. The predicted molar refractivity (Wildman–Crippen MR) is 54.7 cm³/mol. The average molecular weight is 220 g/mol. The van der Waals surface area contributed by atoms with Gasteiger partial charge in [-0.15, -0.1) is 0 Å². The highest BCUT2D eigenvalue weighted by Gasteiger charge is 2.13. The van der Waals surface area contributed by atoms with Crippen molar-refractivity contribution in [3.8, 4) is 0 Å². The Morgan fingerprint density at radius 3 is 2.67 bits per heavy atom. The molecule has 0 fully saturated rings. The average Bonchev–Trinajstić information content (AvgIpc) is 2.30. The molecule has 5 heteroatoms. The zero-order valence-corrected chi connectivity index (χ0v) is 8.35. The number of hydrogen-bond donors (Lipinski definition) is 0. The second kappa shape index (κ2) is 4.14. The molecule has 4 nitrogen and oxygen atoms in total. The maximum absolute atomic E-state index is 11.8. The van der Waals surface area contributed by atoms with Crippen molar-refractivity contribution in [2.75, 3.05) is 0 Å². The van der Waals surface area contributed by atoms with E-state index in [1.807, 2.05) is 0 Å². The van der Waals surface area contributed by atoms with Gasteiger partial charge in [0.1, 0.15) is 12.0 Å². The lowest BCUT2D eigenvalue weighted by molar-refractivity contribution is 0.103. The van der Waals surface area contributed by atoms with Gasteiger partial charge in [-0.1, -0.05) is 11.6 Å². The minimum atomic E-state index is -0.277. The molecule has 15 heavy (non-hydrogen) atoms. The van der Waals surface area contributed by atoms with Gasteiger partial charge in [0, 0.05) is 18.6 Å². The number of rotatable bonds is 2. The Bertz CT molecular complexity index is 487. The van der Waals surface area contributed by atoms with E-state index in [9.17, 15) is 4.79 Å². The Morgan fingerprint density at radius 2 is 2.00 bits per heavy atom. The van der Waals surface area contributed by atoms with Gasteiger partial charge in [0.25, 0.3) is 0 Å². The molecule has 0 saturated carbocycles. The van der Waals surface area contributed by atoms with E-state index in [0.29, 0.717) is 10.6 Å². The first-order valence-corrected chi connectivity index (χ1v) is 4.57. The summed E-state index contributed by atoms with van der Waals surface area (Å²) >= 11 is 5.84. The standard InChI is InChI=1S/C10H6ClN3O/c11-8-2-1-3-14-9(8)10(15)7-4-12-6-13-5-7/h1-6H. The molecule has 0 radical (unpaired) electrons. The molecule has 0 aliphatic heterocycles. The Morgan fingerprint density at radius 1 is 1.27 bits per heavy atom. The zero-order chi connectivity index (χ0) is 10.7. The molecule has 0 N–H and O–H groups in total. The fourth-order valence-electron chi connectivity index (χ4n) is 1.11. The molecule has 0 atom stereocenters. The van der Waals surface area contributed by atoms with Crippen LogP contribution in [0.2, 0.25) is 5.02 Å². The quantitative estimate of drug-likeness (QED) is 0.723. The minimum absolute atomic E-state index is 0.217. The summed E-state index contributed by atoms with van der Waals surface area (Å²) in [5, 5.41) is 0.325. The Hall–Kier alpha value is -1.81. The van der Waals surface area contributed by atoms with Crippen LogP contribution in [0.25, 0.3) is 0 Å². The molecule has 2 rings (SSSR count). The Kier molecular flexibility index (Phi) is 2.69. The smallest absolute Gasteiger partial charge is 0.215 e. The van der Waals surface area contributed by atoms with Crippen LogP contribution in [0.15, 0.2) is 37.1 Å². The third-order valence-electron chi connectivity index (χ3n) is 1.80. The number of aromatic nitrogens is 3. The van der Waals surface area contributed by atoms with E-state index in [1.54, 1.807) is 12.1 Å². The van der Waals surface area contributed by atoms with E-state index in [1.165, 1.54) is 24.9 Å². The summed E-state index contributed by atoms with van der Waals surface area (Å²) in [6.07, 6.45) is 5.74. The van der Waals surface area contributed by atoms with Crippen LogP contribution in [0.5, 0.6) is 0 Å². The molecule has 0 bridgehead atoms. The highest BCUT2D eigenvalue weighted by Crippen LogP contribution is 2.15. The van der Waals surface area contributed by atoms with E-state index in [-0.39, 0.29) is 11.5 Å². The number of carbonyl (C=O) groups is 1.